The smallest absolute Gasteiger partial charge is 0.257 e. The maximum Gasteiger partial charge on any atom is 0.257 e. The quantitative estimate of drug-likeness (QED) is 0.752. The summed E-state index contributed by atoms with van der Waals surface area (Å²) in [5.41, 5.74) is 1.72. The molecule has 0 aliphatic heterocycles. The van der Waals surface area contributed by atoms with Gasteiger partial charge in [0, 0.05) is 4.47 Å². The van der Waals surface area contributed by atoms with E-state index < -0.39 is 0 Å². The van der Waals surface area contributed by atoms with Gasteiger partial charge in [-0.15, -0.1) is 0 Å². The van der Waals surface area contributed by atoms with Gasteiger partial charge in [-0.2, -0.15) is 5.10 Å². The Labute approximate surface area is 140 Å². The summed E-state index contributed by atoms with van der Waals surface area (Å²) in [5, 5.41) is 7.34. The minimum absolute atomic E-state index is 0.287. The predicted molar refractivity (Wildman–Crippen MR) is 88.5 cm³/mol. The fraction of sp³-hybridized carbons (Fsp3) is 0. The Hall–Kier alpha value is -2.18. The molecule has 1 aromatic heterocycles. The Bertz CT molecular complexity index is 820. The van der Waals surface area contributed by atoms with Crippen molar-refractivity contribution in [2.24, 2.45) is 0 Å². The van der Waals surface area contributed by atoms with Gasteiger partial charge in [0.1, 0.15) is 12.7 Å². The largest absolute Gasteiger partial charge is 0.320 e. The molecule has 3 aromatic rings. The van der Waals surface area contributed by atoms with E-state index in [-0.39, 0.29) is 5.91 Å². The average molecular weight is 378 g/mol. The lowest BCUT2D eigenvalue weighted by atomic mass is 10.2. The molecule has 1 heterocycles. The van der Waals surface area contributed by atoms with Crippen LogP contribution in [-0.2, 0) is 0 Å². The van der Waals surface area contributed by atoms with Crippen LogP contribution in [0.15, 0.2) is 59.6 Å². The second kappa shape index (κ2) is 6.29. The number of amides is 1. The van der Waals surface area contributed by atoms with Crippen LogP contribution in [0.2, 0.25) is 5.02 Å². The van der Waals surface area contributed by atoms with Gasteiger partial charge in [-0.05, 0) is 30.3 Å². The van der Waals surface area contributed by atoms with E-state index in [1.807, 2.05) is 12.1 Å². The van der Waals surface area contributed by atoms with Crippen LogP contribution in [0, 0.1) is 0 Å². The minimum Gasteiger partial charge on any atom is -0.320 e. The van der Waals surface area contributed by atoms with E-state index in [0.29, 0.717) is 22.0 Å². The summed E-state index contributed by atoms with van der Waals surface area (Å²) in [6.45, 7) is 0. The Morgan fingerprint density at radius 1 is 1.23 bits per heavy atom. The molecular formula is C15H10BrClN4O. The lowest BCUT2D eigenvalue weighted by Crippen LogP contribution is -2.14. The standard InChI is InChI=1S/C15H10BrClN4O/c16-10-5-6-14(21-9-18-8-19-21)13(7-10)20-15(22)11-3-1-2-4-12(11)17/h1-9H,(H,20,22). The molecule has 0 aliphatic rings. The van der Waals surface area contributed by atoms with Gasteiger partial charge in [0.05, 0.1) is 22.0 Å². The van der Waals surface area contributed by atoms with Gasteiger partial charge in [0.2, 0.25) is 0 Å². The molecule has 0 spiro atoms. The average Bonchev–Trinajstić information content (AvgIpc) is 3.02. The highest BCUT2D eigenvalue weighted by Gasteiger charge is 2.13. The molecule has 1 N–H and O–H groups in total. The fourth-order valence-corrected chi connectivity index (χ4v) is 2.56. The molecule has 0 saturated carbocycles. The summed E-state index contributed by atoms with van der Waals surface area (Å²) in [7, 11) is 0. The summed E-state index contributed by atoms with van der Waals surface area (Å²) >= 11 is 9.46. The van der Waals surface area contributed by atoms with Crippen LogP contribution in [0.1, 0.15) is 10.4 Å². The fourth-order valence-electron chi connectivity index (χ4n) is 1.98. The summed E-state index contributed by atoms with van der Waals surface area (Å²) in [5.74, 6) is -0.287. The number of aromatic nitrogens is 3. The van der Waals surface area contributed by atoms with E-state index in [4.69, 9.17) is 11.6 Å². The Morgan fingerprint density at radius 3 is 2.77 bits per heavy atom. The van der Waals surface area contributed by atoms with Crippen molar-refractivity contribution < 1.29 is 4.79 Å². The molecule has 0 saturated heterocycles. The van der Waals surface area contributed by atoms with E-state index in [9.17, 15) is 4.79 Å². The molecule has 7 heteroatoms. The number of halogens is 2. The molecule has 0 radical (unpaired) electrons. The van der Waals surface area contributed by atoms with Crippen molar-refractivity contribution in [3.8, 4) is 5.69 Å². The minimum atomic E-state index is -0.287. The van der Waals surface area contributed by atoms with E-state index in [1.54, 1.807) is 41.3 Å². The van der Waals surface area contributed by atoms with Gasteiger partial charge in [0.15, 0.2) is 0 Å². The van der Waals surface area contributed by atoms with Crippen molar-refractivity contribution in [2.45, 2.75) is 0 Å². The van der Waals surface area contributed by atoms with Crippen LogP contribution in [-0.4, -0.2) is 20.7 Å². The van der Waals surface area contributed by atoms with Crippen molar-refractivity contribution in [3.63, 3.8) is 0 Å². The molecule has 0 aliphatic carbocycles. The van der Waals surface area contributed by atoms with Crippen molar-refractivity contribution in [3.05, 3.63) is 70.2 Å². The first kappa shape index (κ1) is 14.7. The normalized spacial score (nSPS) is 10.5. The lowest BCUT2D eigenvalue weighted by Gasteiger charge is -2.12. The predicted octanol–water partition coefficient (Wildman–Crippen LogP) is 3.94. The molecule has 1 amide bonds. The van der Waals surface area contributed by atoms with Crippen LogP contribution in [0.3, 0.4) is 0 Å². The molecule has 3 rings (SSSR count). The summed E-state index contributed by atoms with van der Waals surface area (Å²) in [6, 6.07) is 12.4. The van der Waals surface area contributed by atoms with Crippen LogP contribution in [0.5, 0.6) is 0 Å². The maximum atomic E-state index is 12.4. The summed E-state index contributed by atoms with van der Waals surface area (Å²) in [4.78, 5) is 16.3. The lowest BCUT2D eigenvalue weighted by molar-refractivity contribution is 0.102. The Balaban J connectivity index is 1.97. The molecule has 0 bridgehead atoms. The highest BCUT2D eigenvalue weighted by atomic mass is 79.9. The number of carbonyl (C=O) groups excluding carboxylic acids is 1. The van der Waals surface area contributed by atoms with E-state index in [0.717, 1.165) is 4.47 Å². The molecule has 0 fully saturated rings. The SMILES string of the molecule is O=C(Nc1cc(Br)ccc1-n1cncn1)c1ccccc1Cl. The Kier molecular flexibility index (Phi) is 4.22. The number of hydrogen-bond acceptors (Lipinski definition) is 3. The number of rotatable bonds is 3. The molecule has 110 valence electrons. The number of hydrogen-bond donors (Lipinski definition) is 1. The third kappa shape index (κ3) is 3.03. The van der Waals surface area contributed by atoms with Crippen molar-refractivity contribution >= 4 is 39.1 Å². The molecule has 0 atom stereocenters. The van der Waals surface area contributed by atoms with Crippen LogP contribution >= 0.6 is 27.5 Å². The molecular weight excluding hydrogens is 368 g/mol. The molecule has 0 unspecified atom stereocenters. The van der Waals surface area contributed by atoms with Crippen molar-refractivity contribution in [1.29, 1.82) is 0 Å². The van der Waals surface area contributed by atoms with Gasteiger partial charge in [-0.3, -0.25) is 4.79 Å². The first-order valence-corrected chi connectivity index (χ1v) is 7.52. The Morgan fingerprint density at radius 2 is 2.05 bits per heavy atom. The zero-order chi connectivity index (χ0) is 15.5. The van der Waals surface area contributed by atoms with E-state index in [1.165, 1.54) is 6.33 Å². The first-order chi connectivity index (χ1) is 10.6. The monoisotopic (exact) mass is 376 g/mol. The van der Waals surface area contributed by atoms with Crippen LogP contribution in [0.25, 0.3) is 5.69 Å². The zero-order valence-electron chi connectivity index (χ0n) is 11.2. The highest BCUT2D eigenvalue weighted by Crippen LogP contribution is 2.25. The summed E-state index contributed by atoms with van der Waals surface area (Å²) in [6.07, 6.45) is 3.00. The van der Waals surface area contributed by atoms with Crippen molar-refractivity contribution in [2.75, 3.05) is 5.32 Å². The summed E-state index contributed by atoms with van der Waals surface area (Å²) < 4.78 is 2.42. The number of carbonyl (C=O) groups is 1. The molecule has 5 nitrogen and oxygen atoms in total. The van der Waals surface area contributed by atoms with Crippen LogP contribution < -0.4 is 5.32 Å². The molecule has 22 heavy (non-hydrogen) atoms. The number of nitrogens with one attached hydrogen (secondary N) is 1. The van der Waals surface area contributed by atoms with Gasteiger partial charge in [-0.1, -0.05) is 39.7 Å². The number of nitrogens with zero attached hydrogens (tertiary/aromatic N) is 3. The van der Waals surface area contributed by atoms with Gasteiger partial charge in [-0.25, -0.2) is 9.67 Å². The highest BCUT2D eigenvalue weighted by molar-refractivity contribution is 9.10. The third-order valence-electron chi connectivity index (χ3n) is 2.99. The van der Waals surface area contributed by atoms with Crippen LogP contribution in [0.4, 0.5) is 5.69 Å². The van der Waals surface area contributed by atoms with E-state index in [2.05, 4.69) is 31.3 Å². The number of benzene rings is 2. The zero-order valence-corrected chi connectivity index (χ0v) is 13.5. The second-order valence-electron chi connectivity index (χ2n) is 4.44. The second-order valence-corrected chi connectivity index (χ2v) is 5.76. The third-order valence-corrected chi connectivity index (χ3v) is 3.81. The van der Waals surface area contributed by atoms with Gasteiger partial charge in [0.25, 0.3) is 5.91 Å². The molecule has 2 aromatic carbocycles. The topological polar surface area (TPSA) is 59.8 Å². The van der Waals surface area contributed by atoms with Gasteiger partial charge >= 0.3 is 0 Å². The van der Waals surface area contributed by atoms with E-state index >= 15 is 0 Å². The van der Waals surface area contributed by atoms with Gasteiger partial charge < -0.3 is 5.32 Å². The maximum absolute atomic E-state index is 12.4. The van der Waals surface area contributed by atoms with Crippen molar-refractivity contribution in [1.82, 2.24) is 14.8 Å². The first-order valence-electron chi connectivity index (χ1n) is 6.35. The number of anilines is 1.